The molecule has 6 heteroatoms. The largest absolute Gasteiger partial charge is 0.466 e. The highest BCUT2D eigenvalue weighted by atomic mass is 16.5. The van der Waals surface area contributed by atoms with Gasteiger partial charge in [-0.15, -0.1) is 0 Å². The molecule has 0 atom stereocenters. The van der Waals surface area contributed by atoms with Gasteiger partial charge < -0.3 is 20.5 Å². The van der Waals surface area contributed by atoms with Crippen molar-refractivity contribution in [3.63, 3.8) is 0 Å². The number of nitrogen functional groups attached to an aromatic ring is 1. The molecule has 0 amide bonds. The Morgan fingerprint density at radius 1 is 1.04 bits per heavy atom. The lowest BCUT2D eigenvalue weighted by molar-refractivity contribution is -0.137. The molecule has 3 N–H and O–H groups in total. The van der Waals surface area contributed by atoms with Crippen LogP contribution in [0.4, 0.5) is 5.69 Å². The quantitative estimate of drug-likeness (QED) is 0.653. The third-order valence-corrected chi connectivity index (χ3v) is 3.81. The van der Waals surface area contributed by atoms with Gasteiger partial charge in [0.15, 0.2) is 0 Å². The van der Waals surface area contributed by atoms with Gasteiger partial charge in [-0.05, 0) is 31.5 Å². The highest BCUT2D eigenvalue weighted by Gasteiger charge is 2.37. The Morgan fingerprint density at radius 3 is 2.00 bits per heavy atom. The molecule has 0 aromatic heterocycles. The van der Waals surface area contributed by atoms with Gasteiger partial charge in [0, 0.05) is 17.1 Å². The van der Waals surface area contributed by atoms with E-state index >= 15 is 0 Å². The van der Waals surface area contributed by atoms with Gasteiger partial charge in [0.05, 0.1) is 31.3 Å². The molecule has 0 bridgehead atoms. The zero-order chi connectivity index (χ0) is 17.1. The molecular formula is C17H20N2O4. The number of carbonyl (C=O) groups excluding carboxylic acids is 2. The van der Waals surface area contributed by atoms with Crippen LogP contribution in [0, 0.1) is 0 Å². The maximum Gasteiger partial charge on any atom is 0.336 e. The lowest BCUT2D eigenvalue weighted by atomic mass is 9.80. The summed E-state index contributed by atoms with van der Waals surface area (Å²) >= 11 is 0. The molecule has 0 aliphatic carbocycles. The van der Waals surface area contributed by atoms with Crippen LogP contribution in [0.3, 0.4) is 0 Å². The van der Waals surface area contributed by atoms with Crippen LogP contribution in [0.2, 0.25) is 0 Å². The average Bonchev–Trinajstić information content (AvgIpc) is 2.52. The third kappa shape index (κ3) is 3.06. The fourth-order valence-corrected chi connectivity index (χ4v) is 2.83. The maximum atomic E-state index is 12.3. The van der Waals surface area contributed by atoms with Gasteiger partial charge in [-0.2, -0.15) is 0 Å². The van der Waals surface area contributed by atoms with Gasteiger partial charge >= 0.3 is 11.9 Å². The highest BCUT2D eigenvalue weighted by Crippen LogP contribution is 2.39. The molecule has 0 saturated carbocycles. The second-order valence-corrected chi connectivity index (χ2v) is 5.29. The van der Waals surface area contributed by atoms with E-state index in [-0.39, 0.29) is 0 Å². The number of nitrogens with two attached hydrogens (primary N) is 1. The average molecular weight is 316 g/mol. The van der Waals surface area contributed by atoms with Crippen molar-refractivity contribution >= 4 is 17.6 Å². The lowest BCUT2D eigenvalue weighted by Gasteiger charge is -2.30. The predicted octanol–water partition coefficient (Wildman–Crippen LogP) is 1.85. The standard InChI is InChI=1S/C17H20N2O4/c1-9-13(16(20)22-3)15(11-6-5-7-12(18)8-11)14(10(2)19-9)17(21)23-4/h5-8,15,19H,18H2,1-4H3. The van der Waals surface area contributed by atoms with Crippen LogP contribution in [-0.2, 0) is 19.1 Å². The summed E-state index contributed by atoms with van der Waals surface area (Å²) in [7, 11) is 2.62. The van der Waals surface area contributed by atoms with Crippen LogP contribution in [0.25, 0.3) is 0 Å². The second-order valence-electron chi connectivity index (χ2n) is 5.29. The van der Waals surface area contributed by atoms with Crippen molar-refractivity contribution < 1.29 is 19.1 Å². The fourth-order valence-electron chi connectivity index (χ4n) is 2.83. The smallest absolute Gasteiger partial charge is 0.336 e. The minimum absolute atomic E-state index is 0.365. The number of rotatable bonds is 3. The van der Waals surface area contributed by atoms with Gasteiger partial charge in [0.25, 0.3) is 0 Å². The number of carbonyl (C=O) groups is 2. The van der Waals surface area contributed by atoms with E-state index in [9.17, 15) is 9.59 Å². The molecule has 2 rings (SSSR count). The maximum absolute atomic E-state index is 12.3. The van der Waals surface area contributed by atoms with Gasteiger partial charge in [0.2, 0.25) is 0 Å². The van der Waals surface area contributed by atoms with E-state index in [1.54, 1.807) is 32.0 Å². The van der Waals surface area contributed by atoms with Crippen molar-refractivity contribution in [3.05, 3.63) is 52.4 Å². The molecule has 23 heavy (non-hydrogen) atoms. The molecule has 122 valence electrons. The number of methoxy groups -OCH3 is 2. The van der Waals surface area contributed by atoms with Crippen LogP contribution in [0.15, 0.2) is 46.8 Å². The summed E-state index contributed by atoms with van der Waals surface area (Å²) in [5.74, 6) is -1.60. The van der Waals surface area contributed by atoms with Crippen molar-refractivity contribution in [1.82, 2.24) is 5.32 Å². The number of dihydropyridines is 1. The first-order valence-electron chi connectivity index (χ1n) is 7.11. The first kappa shape index (κ1) is 16.6. The Labute approximate surface area is 135 Å². The van der Waals surface area contributed by atoms with E-state index in [0.29, 0.717) is 28.2 Å². The normalized spacial score (nSPS) is 15.3. The second kappa shape index (κ2) is 6.56. The molecule has 1 aromatic carbocycles. The summed E-state index contributed by atoms with van der Waals surface area (Å²) in [6.07, 6.45) is 0. The Kier molecular flexibility index (Phi) is 4.74. The summed E-state index contributed by atoms with van der Waals surface area (Å²) in [5.41, 5.74) is 9.13. The molecule has 1 heterocycles. The number of ether oxygens (including phenoxy) is 2. The molecule has 0 radical (unpaired) electrons. The molecule has 0 unspecified atom stereocenters. The molecule has 6 nitrogen and oxygen atoms in total. The van der Waals surface area contributed by atoms with Crippen molar-refractivity contribution in [2.75, 3.05) is 20.0 Å². The molecule has 0 saturated heterocycles. The minimum atomic E-state index is -0.598. The van der Waals surface area contributed by atoms with Gasteiger partial charge in [-0.3, -0.25) is 0 Å². The van der Waals surface area contributed by atoms with Crippen LogP contribution >= 0.6 is 0 Å². The summed E-state index contributed by atoms with van der Waals surface area (Å²) < 4.78 is 9.79. The Morgan fingerprint density at radius 2 is 1.57 bits per heavy atom. The number of esters is 2. The van der Waals surface area contributed by atoms with Gasteiger partial charge in [-0.1, -0.05) is 12.1 Å². The molecule has 0 spiro atoms. The molecule has 1 aliphatic rings. The number of benzene rings is 1. The molecule has 0 fully saturated rings. The number of nitrogens with one attached hydrogen (secondary N) is 1. The van der Waals surface area contributed by atoms with E-state index in [0.717, 1.165) is 5.56 Å². The van der Waals surface area contributed by atoms with Crippen LogP contribution in [0.5, 0.6) is 0 Å². The Balaban J connectivity index is 2.69. The predicted molar refractivity (Wildman–Crippen MR) is 86.2 cm³/mol. The summed E-state index contributed by atoms with van der Waals surface area (Å²) in [5, 5.41) is 3.05. The van der Waals surface area contributed by atoms with Crippen molar-refractivity contribution in [3.8, 4) is 0 Å². The third-order valence-electron chi connectivity index (χ3n) is 3.81. The van der Waals surface area contributed by atoms with Gasteiger partial charge in [0.1, 0.15) is 0 Å². The van der Waals surface area contributed by atoms with Crippen LogP contribution < -0.4 is 11.1 Å². The van der Waals surface area contributed by atoms with Crippen molar-refractivity contribution in [1.29, 1.82) is 0 Å². The van der Waals surface area contributed by atoms with E-state index in [1.807, 2.05) is 6.07 Å². The van der Waals surface area contributed by atoms with E-state index in [1.165, 1.54) is 14.2 Å². The van der Waals surface area contributed by atoms with Gasteiger partial charge in [-0.25, -0.2) is 9.59 Å². The molecule has 1 aliphatic heterocycles. The first-order valence-corrected chi connectivity index (χ1v) is 7.11. The summed E-state index contributed by atoms with van der Waals surface area (Å²) in [6.45, 7) is 3.53. The Hall–Kier alpha value is -2.76. The van der Waals surface area contributed by atoms with Crippen molar-refractivity contribution in [2.45, 2.75) is 19.8 Å². The number of allylic oxidation sites excluding steroid dienone is 2. The topological polar surface area (TPSA) is 90.6 Å². The number of anilines is 1. The first-order chi connectivity index (χ1) is 10.9. The van der Waals surface area contributed by atoms with E-state index < -0.39 is 17.9 Å². The van der Waals surface area contributed by atoms with Crippen LogP contribution in [0.1, 0.15) is 25.3 Å². The number of hydrogen-bond acceptors (Lipinski definition) is 6. The molecule has 1 aromatic rings. The molecular weight excluding hydrogens is 296 g/mol. The fraction of sp³-hybridized carbons (Fsp3) is 0.294. The van der Waals surface area contributed by atoms with E-state index in [2.05, 4.69) is 5.32 Å². The van der Waals surface area contributed by atoms with Crippen LogP contribution in [-0.4, -0.2) is 26.2 Å². The lowest BCUT2D eigenvalue weighted by Crippen LogP contribution is -2.32. The minimum Gasteiger partial charge on any atom is -0.466 e. The summed E-state index contributed by atoms with van der Waals surface area (Å²) in [4.78, 5) is 24.6. The monoisotopic (exact) mass is 316 g/mol. The SMILES string of the molecule is COC(=O)C1=C(C)NC(C)=C(C(=O)OC)C1c1cccc(N)c1. The zero-order valence-electron chi connectivity index (χ0n) is 13.6. The summed E-state index contributed by atoms with van der Waals surface area (Å²) in [6, 6.07) is 7.08. The Bertz CT molecular complexity index is 681. The van der Waals surface area contributed by atoms with E-state index in [4.69, 9.17) is 15.2 Å². The zero-order valence-corrected chi connectivity index (χ0v) is 13.6. The highest BCUT2D eigenvalue weighted by molar-refractivity contribution is 5.99. The van der Waals surface area contributed by atoms with Crippen molar-refractivity contribution in [2.24, 2.45) is 0 Å². The number of hydrogen-bond donors (Lipinski definition) is 2.